The smallest absolute Gasteiger partial charge is 0.327 e. The molecule has 2 atom stereocenters. The molecule has 2 amide bonds. The Morgan fingerprint density at radius 3 is 2.33 bits per heavy atom. The van der Waals surface area contributed by atoms with E-state index in [0.717, 1.165) is 12.8 Å². The van der Waals surface area contributed by atoms with Gasteiger partial charge in [-0.05, 0) is 38.5 Å². The first kappa shape index (κ1) is 16.5. The van der Waals surface area contributed by atoms with Gasteiger partial charge in [-0.2, -0.15) is 0 Å². The molecule has 2 unspecified atom stereocenters. The minimum absolute atomic E-state index is 0.0482. The predicted octanol–water partition coefficient (Wildman–Crippen LogP) is 2.71. The summed E-state index contributed by atoms with van der Waals surface area (Å²) in [5.74, 6) is 0.480. The van der Waals surface area contributed by atoms with Crippen molar-refractivity contribution in [2.24, 2.45) is 11.8 Å². The standard InChI is InChI=1S/C15H26N2O3S/c1-9(2)7-16(10(3)4)15(20)17-12(14(18)19)8-21-13(17)11-5-6-11/h9-13H,5-8H2,1-4H3,(H,18,19). The molecule has 0 aromatic heterocycles. The van der Waals surface area contributed by atoms with Crippen LogP contribution in [0.3, 0.4) is 0 Å². The van der Waals surface area contributed by atoms with Crippen LogP contribution in [-0.4, -0.2) is 56.7 Å². The summed E-state index contributed by atoms with van der Waals surface area (Å²) < 4.78 is 0. The summed E-state index contributed by atoms with van der Waals surface area (Å²) in [5.41, 5.74) is 0. The maximum Gasteiger partial charge on any atom is 0.327 e. The van der Waals surface area contributed by atoms with Gasteiger partial charge < -0.3 is 10.0 Å². The number of urea groups is 1. The van der Waals surface area contributed by atoms with Gasteiger partial charge in [0.2, 0.25) is 0 Å². The largest absolute Gasteiger partial charge is 0.480 e. The molecule has 2 fully saturated rings. The maximum absolute atomic E-state index is 13.0. The second-order valence-electron chi connectivity index (χ2n) is 6.75. The molecule has 1 heterocycles. The third-order valence-electron chi connectivity index (χ3n) is 4.00. The number of rotatable bonds is 5. The Labute approximate surface area is 131 Å². The Bertz CT molecular complexity index is 410. The highest BCUT2D eigenvalue weighted by atomic mass is 32.2. The summed E-state index contributed by atoms with van der Waals surface area (Å²) in [6.45, 7) is 8.81. The van der Waals surface area contributed by atoms with Crippen molar-refractivity contribution < 1.29 is 14.7 Å². The lowest BCUT2D eigenvalue weighted by molar-refractivity contribution is -0.141. The van der Waals surface area contributed by atoms with Gasteiger partial charge in [-0.15, -0.1) is 11.8 Å². The summed E-state index contributed by atoms with van der Waals surface area (Å²) in [4.78, 5) is 27.9. The van der Waals surface area contributed by atoms with Crippen LogP contribution in [0.5, 0.6) is 0 Å². The number of carboxylic acid groups (broad SMARTS) is 1. The highest BCUT2D eigenvalue weighted by molar-refractivity contribution is 8.00. The number of nitrogens with zero attached hydrogens (tertiary/aromatic N) is 2. The van der Waals surface area contributed by atoms with Crippen molar-refractivity contribution in [2.75, 3.05) is 12.3 Å². The zero-order valence-corrected chi connectivity index (χ0v) is 14.1. The Balaban J connectivity index is 2.20. The molecule has 2 aliphatic rings. The first-order chi connectivity index (χ1) is 9.82. The lowest BCUT2D eigenvalue weighted by Crippen LogP contribution is -2.54. The van der Waals surface area contributed by atoms with Crippen molar-refractivity contribution in [2.45, 2.75) is 58.0 Å². The number of carbonyl (C=O) groups excluding carboxylic acids is 1. The molecular weight excluding hydrogens is 288 g/mol. The molecule has 1 N–H and O–H groups in total. The molecule has 2 rings (SSSR count). The van der Waals surface area contributed by atoms with Gasteiger partial charge >= 0.3 is 12.0 Å². The summed E-state index contributed by atoms with van der Waals surface area (Å²) in [6.07, 6.45) is 2.22. The van der Waals surface area contributed by atoms with Gasteiger partial charge in [-0.1, -0.05) is 13.8 Å². The highest BCUT2D eigenvalue weighted by Crippen LogP contribution is 2.45. The highest BCUT2D eigenvalue weighted by Gasteiger charge is 2.49. The monoisotopic (exact) mass is 314 g/mol. The normalized spacial score (nSPS) is 25.7. The van der Waals surface area contributed by atoms with Gasteiger partial charge in [0.1, 0.15) is 6.04 Å². The van der Waals surface area contributed by atoms with Crippen LogP contribution in [0.2, 0.25) is 0 Å². The molecule has 5 nitrogen and oxygen atoms in total. The predicted molar refractivity (Wildman–Crippen MR) is 84.3 cm³/mol. The number of hydrogen-bond donors (Lipinski definition) is 1. The summed E-state index contributed by atoms with van der Waals surface area (Å²) >= 11 is 1.63. The third-order valence-corrected chi connectivity index (χ3v) is 5.46. The lowest BCUT2D eigenvalue weighted by Gasteiger charge is -2.36. The molecule has 1 saturated carbocycles. The summed E-state index contributed by atoms with van der Waals surface area (Å²) in [7, 11) is 0. The quantitative estimate of drug-likeness (QED) is 0.847. The molecule has 0 bridgehead atoms. The van der Waals surface area contributed by atoms with E-state index in [4.69, 9.17) is 0 Å². The molecule has 1 saturated heterocycles. The SMILES string of the molecule is CC(C)CN(C(=O)N1C(C(=O)O)CSC1C1CC1)C(C)C. The number of hydrogen-bond acceptors (Lipinski definition) is 3. The van der Waals surface area contributed by atoms with Crippen molar-refractivity contribution in [3.8, 4) is 0 Å². The van der Waals surface area contributed by atoms with E-state index < -0.39 is 12.0 Å². The Kier molecular flexibility index (Phi) is 5.07. The van der Waals surface area contributed by atoms with Crippen LogP contribution in [0.25, 0.3) is 0 Å². The minimum Gasteiger partial charge on any atom is -0.480 e. The average molecular weight is 314 g/mol. The molecular formula is C15H26N2O3S. The third kappa shape index (κ3) is 3.65. The van der Waals surface area contributed by atoms with Crippen molar-refractivity contribution in [3.05, 3.63) is 0 Å². The van der Waals surface area contributed by atoms with E-state index in [-0.39, 0.29) is 17.4 Å². The molecule has 21 heavy (non-hydrogen) atoms. The minimum atomic E-state index is -0.882. The molecule has 1 aliphatic carbocycles. The van der Waals surface area contributed by atoms with Gasteiger partial charge in [0.15, 0.2) is 0 Å². The van der Waals surface area contributed by atoms with Crippen molar-refractivity contribution >= 4 is 23.8 Å². The van der Waals surface area contributed by atoms with Gasteiger partial charge in [0.25, 0.3) is 0 Å². The average Bonchev–Trinajstić information content (AvgIpc) is 3.13. The van der Waals surface area contributed by atoms with Crippen molar-refractivity contribution in [1.82, 2.24) is 9.80 Å². The lowest BCUT2D eigenvalue weighted by atomic mass is 10.1. The first-order valence-corrected chi connectivity index (χ1v) is 8.81. The number of amides is 2. The van der Waals surface area contributed by atoms with Gasteiger partial charge in [0, 0.05) is 18.3 Å². The summed E-state index contributed by atoms with van der Waals surface area (Å²) in [5, 5.41) is 9.48. The molecule has 0 spiro atoms. The van der Waals surface area contributed by atoms with E-state index in [1.54, 1.807) is 16.7 Å². The van der Waals surface area contributed by atoms with Gasteiger partial charge in [0.05, 0.1) is 5.37 Å². The van der Waals surface area contributed by atoms with Crippen LogP contribution in [0, 0.1) is 11.8 Å². The topological polar surface area (TPSA) is 60.9 Å². The Hall–Kier alpha value is -0.910. The molecule has 1 aliphatic heterocycles. The fourth-order valence-electron chi connectivity index (χ4n) is 2.76. The van der Waals surface area contributed by atoms with Crippen LogP contribution in [0.4, 0.5) is 4.79 Å². The van der Waals surface area contributed by atoms with Crippen LogP contribution in [0.15, 0.2) is 0 Å². The zero-order valence-electron chi connectivity index (χ0n) is 13.3. The van der Waals surface area contributed by atoms with E-state index in [0.29, 0.717) is 24.1 Å². The van der Waals surface area contributed by atoms with E-state index in [1.165, 1.54) is 0 Å². The molecule has 120 valence electrons. The fraction of sp³-hybridized carbons (Fsp3) is 0.867. The zero-order chi connectivity index (χ0) is 15.7. The molecule has 0 radical (unpaired) electrons. The number of thioether (sulfide) groups is 1. The van der Waals surface area contributed by atoms with Crippen molar-refractivity contribution in [1.29, 1.82) is 0 Å². The molecule has 0 aromatic rings. The van der Waals surface area contributed by atoms with Crippen LogP contribution < -0.4 is 0 Å². The molecule has 0 aromatic carbocycles. The second-order valence-corrected chi connectivity index (χ2v) is 7.89. The van der Waals surface area contributed by atoms with Crippen LogP contribution in [0.1, 0.15) is 40.5 Å². The van der Waals surface area contributed by atoms with Gasteiger partial charge in [-0.3, -0.25) is 4.90 Å². The second kappa shape index (κ2) is 6.46. The van der Waals surface area contributed by atoms with Gasteiger partial charge in [-0.25, -0.2) is 9.59 Å². The maximum atomic E-state index is 13.0. The van der Waals surface area contributed by atoms with Crippen molar-refractivity contribution in [3.63, 3.8) is 0 Å². The summed E-state index contributed by atoms with van der Waals surface area (Å²) in [6, 6.07) is -0.700. The van der Waals surface area contributed by atoms with E-state index in [1.807, 2.05) is 18.7 Å². The van der Waals surface area contributed by atoms with E-state index >= 15 is 0 Å². The number of carboxylic acids is 1. The van der Waals surface area contributed by atoms with Crippen LogP contribution in [-0.2, 0) is 4.79 Å². The Morgan fingerprint density at radius 1 is 1.29 bits per heavy atom. The van der Waals surface area contributed by atoms with E-state index in [9.17, 15) is 14.7 Å². The van der Waals surface area contributed by atoms with E-state index in [2.05, 4.69) is 13.8 Å². The Morgan fingerprint density at radius 2 is 1.90 bits per heavy atom. The number of carbonyl (C=O) groups is 2. The fourth-order valence-corrected chi connectivity index (χ4v) is 4.38. The number of aliphatic carboxylic acids is 1. The van der Waals surface area contributed by atoms with Crippen LogP contribution >= 0.6 is 11.8 Å². The first-order valence-electron chi connectivity index (χ1n) is 7.76. The molecule has 6 heteroatoms.